The molecule has 0 amide bonds. The zero-order chi connectivity index (χ0) is 14.0. The van der Waals surface area contributed by atoms with Crippen LogP contribution in [0.15, 0.2) is 16.7 Å². The zero-order valence-electron chi connectivity index (χ0n) is 12.5. The molecule has 112 valence electrons. The third-order valence-electron chi connectivity index (χ3n) is 4.82. The van der Waals surface area contributed by atoms with E-state index in [4.69, 9.17) is 9.15 Å². The maximum Gasteiger partial charge on any atom is 0.108 e. The van der Waals surface area contributed by atoms with Crippen LogP contribution in [-0.2, 0) is 11.2 Å². The fraction of sp³-hybridized carbons (Fsp3) is 0.750. The van der Waals surface area contributed by atoms with Crippen molar-refractivity contribution in [3.05, 3.63) is 23.7 Å². The predicted molar refractivity (Wildman–Crippen MR) is 83.2 cm³/mol. The minimum absolute atomic E-state index is 0.152. The summed E-state index contributed by atoms with van der Waals surface area (Å²) in [4.78, 5) is 0. The molecule has 1 spiro atoms. The molecule has 2 aliphatic heterocycles. The highest BCUT2D eigenvalue weighted by atomic mass is 32.2. The second-order valence-corrected chi connectivity index (χ2v) is 7.11. The molecule has 3 nitrogen and oxygen atoms in total. The van der Waals surface area contributed by atoms with Gasteiger partial charge in [0.1, 0.15) is 5.76 Å². The summed E-state index contributed by atoms with van der Waals surface area (Å²) in [6, 6.07) is 2.54. The molecule has 3 unspecified atom stereocenters. The summed E-state index contributed by atoms with van der Waals surface area (Å²) in [5.74, 6) is 4.20. The summed E-state index contributed by atoms with van der Waals surface area (Å²) in [6.45, 7) is 3.07. The average molecular weight is 295 g/mol. The number of furan rings is 1. The third kappa shape index (κ3) is 2.66. The van der Waals surface area contributed by atoms with Crippen molar-refractivity contribution in [1.29, 1.82) is 0 Å². The van der Waals surface area contributed by atoms with E-state index < -0.39 is 0 Å². The van der Waals surface area contributed by atoms with Crippen molar-refractivity contribution in [3.8, 4) is 0 Å². The Kier molecular flexibility index (Phi) is 4.43. The van der Waals surface area contributed by atoms with Crippen LogP contribution in [0.5, 0.6) is 0 Å². The molecule has 2 aliphatic rings. The van der Waals surface area contributed by atoms with Gasteiger partial charge in [-0.15, -0.1) is 0 Å². The highest BCUT2D eigenvalue weighted by Crippen LogP contribution is 2.44. The van der Waals surface area contributed by atoms with E-state index in [1.54, 1.807) is 0 Å². The molecule has 3 heterocycles. The molecular formula is C16H25NO2S. The second kappa shape index (κ2) is 6.12. The quantitative estimate of drug-likeness (QED) is 0.923. The van der Waals surface area contributed by atoms with Gasteiger partial charge < -0.3 is 14.5 Å². The summed E-state index contributed by atoms with van der Waals surface area (Å²) < 4.78 is 11.8. The van der Waals surface area contributed by atoms with Crippen molar-refractivity contribution in [3.63, 3.8) is 0 Å². The molecule has 0 aliphatic carbocycles. The van der Waals surface area contributed by atoms with E-state index in [1.807, 2.05) is 18.0 Å². The Hall–Kier alpha value is -0.450. The van der Waals surface area contributed by atoms with Crippen LogP contribution < -0.4 is 5.32 Å². The van der Waals surface area contributed by atoms with E-state index in [9.17, 15) is 0 Å². The summed E-state index contributed by atoms with van der Waals surface area (Å²) in [7, 11) is 2.07. The smallest absolute Gasteiger partial charge is 0.108 e. The number of nitrogens with one attached hydrogen (secondary N) is 1. The summed E-state index contributed by atoms with van der Waals surface area (Å²) in [6.07, 6.45) is 6.34. The van der Waals surface area contributed by atoms with Crippen LogP contribution >= 0.6 is 11.8 Å². The van der Waals surface area contributed by atoms with E-state index in [-0.39, 0.29) is 5.60 Å². The van der Waals surface area contributed by atoms with Crippen LogP contribution in [0.25, 0.3) is 0 Å². The van der Waals surface area contributed by atoms with Gasteiger partial charge in [-0.1, -0.05) is 6.92 Å². The zero-order valence-corrected chi connectivity index (χ0v) is 13.3. The van der Waals surface area contributed by atoms with Gasteiger partial charge in [0.05, 0.1) is 11.9 Å². The standard InChI is InChI=1S/C16H25NO2S/c1-3-14-13(5-7-18-14)15(17-2)12-4-8-19-16(10-12)6-9-20-11-16/h5,7,12,15,17H,3-4,6,8-11H2,1-2H3. The third-order valence-corrected chi connectivity index (χ3v) is 6.04. The Bertz CT molecular complexity index is 439. The molecule has 0 saturated carbocycles. The minimum atomic E-state index is 0.152. The van der Waals surface area contributed by atoms with E-state index in [2.05, 4.69) is 25.4 Å². The molecule has 0 bridgehead atoms. The van der Waals surface area contributed by atoms with Crippen LogP contribution in [0, 0.1) is 5.92 Å². The van der Waals surface area contributed by atoms with Crippen molar-refractivity contribution in [2.45, 2.75) is 44.2 Å². The topological polar surface area (TPSA) is 34.4 Å². The van der Waals surface area contributed by atoms with Crippen LogP contribution in [0.1, 0.15) is 43.6 Å². The summed E-state index contributed by atoms with van der Waals surface area (Å²) in [5.41, 5.74) is 1.50. The van der Waals surface area contributed by atoms with Crippen LogP contribution in [0.2, 0.25) is 0 Å². The summed E-state index contributed by atoms with van der Waals surface area (Å²) in [5, 5.41) is 3.53. The number of ether oxygens (including phenoxy) is 1. The van der Waals surface area contributed by atoms with Gasteiger partial charge in [0, 0.05) is 30.4 Å². The Morgan fingerprint density at radius 1 is 1.55 bits per heavy atom. The molecule has 1 aromatic rings. The number of hydrogen-bond donors (Lipinski definition) is 1. The van der Waals surface area contributed by atoms with E-state index in [1.165, 1.54) is 29.9 Å². The van der Waals surface area contributed by atoms with E-state index in [0.717, 1.165) is 25.2 Å². The molecule has 20 heavy (non-hydrogen) atoms. The van der Waals surface area contributed by atoms with Gasteiger partial charge in [0.15, 0.2) is 0 Å². The van der Waals surface area contributed by atoms with Gasteiger partial charge in [-0.05, 0) is 44.0 Å². The Morgan fingerprint density at radius 2 is 2.45 bits per heavy atom. The van der Waals surface area contributed by atoms with Crippen LogP contribution in [-0.4, -0.2) is 30.8 Å². The van der Waals surface area contributed by atoms with Gasteiger partial charge in [0.25, 0.3) is 0 Å². The highest BCUT2D eigenvalue weighted by Gasteiger charge is 2.42. The lowest BCUT2D eigenvalue weighted by Gasteiger charge is -2.41. The van der Waals surface area contributed by atoms with E-state index >= 15 is 0 Å². The molecule has 4 heteroatoms. The SMILES string of the molecule is CCc1occc1C(NC)C1CCOC2(CCSC2)C1. The Labute approximate surface area is 125 Å². The molecular weight excluding hydrogens is 270 g/mol. The highest BCUT2D eigenvalue weighted by molar-refractivity contribution is 7.99. The Balaban J connectivity index is 1.78. The average Bonchev–Trinajstić information content (AvgIpc) is 3.10. The van der Waals surface area contributed by atoms with Gasteiger partial charge >= 0.3 is 0 Å². The number of hydrogen-bond acceptors (Lipinski definition) is 4. The Morgan fingerprint density at radius 3 is 3.15 bits per heavy atom. The van der Waals surface area contributed by atoms with E-state index in [0.29, 0.717) is 12.0 Å². The van der Waals surface area contributed by atoms with Crippen LogP contribution in [0.3, 0.4) is 0 Å². The number of rotatable bonds is 4. The second-order valence-electron chi connectivity index (χ2n) is 6.01. The first-order valence-corrected chi connectivity index (χ1v) is 8.89. The first-order valence-electron chi connectivity index (χ1n) is 7.73. The first kappa shape index (κ1) is 14.5. The lowest BCUT2D eigenvalue weighted by atomic mass is 9.79. The van der Waals surface area contributed by atoms with Crippen molar-refractivity contribution in [1.82, 2.24) is 5.32 Å². The van der Waals surface area contributed by atoms with Gasteiger partial charge in [-0.25, -0.2) is 0 Å². The van der Waals surface area contributed by atoms with Crippen molar-refractivity contribution < 1.29 is 9.15 Å². The molecule has 0 radical (unpaired) electrons. The fourth-order valence-electron chi connectivity index (χ4n) is 3.77. The molecule has 3 rings (SSSR count). The van der Waals surface area contributed by atoms with Gasteiger partial charge in [-0.3, -0.25) is 0 Å². The number of thioether (sulfide) groups is 1. The molecule has 2 saturated heterocycles. The molecule has 2 fully saturated rings. The fourth-order valence-corrected chi connectivity index (χ4v) is 5.15. The number of aryl methyl sites for hydroxylation is 1. The van der Waals surface area contributed by atoms with Crippen LogP contribution in [0.4, 0.5) is 0 Å². The minimum Gasteiger partial charge on any atom is -0.469 e. The largest absolute Gasteiger partial charge is 0.469 e. The lowest BCUT2D eigenvalue weighted by molar-refractivity contribution is -0.0851. The monoisotopic (exact) mass is 295 g/mol. The molecule has 1 aromatic heterocycles. The first-order chi connectivity index (χ1) is 9.78. The lowest BCUT2D eigenvalue weighted by Crippen LogP contribution is -2.43. The normalized spacial score (nSPS) is 31.8. The summed E-state index contributed by atoms with van der Waals surface area (Å²) >= 11 is 2.04. The van der Waals surface area contributed by atoms with Gasteiger partial charge in [0.2, 0.25) is 0 Å². The molecule has 1 N–H and O–H groups in total. The van der Waals surface area contributed by atoms with Crippen molar-refractivity contribution >= 4 is 11.8 Å². The van der Waals surface area contributed by atoms with Crippen molar-refractivity contribution in [2.75, 3.05) is 25.2 Å². The van der Waals surface area contributed by atoms with Gasteiger partial charge in [-0.2, -0.15) is 11.8 Å². The molecule has 0 aromatic carbocycles. The van der Waals surface area contributed by atoms with Crippen molar-refractivity contribution in [2.24, 2.45) is 5.92 Å². The maximum atomic E-state index is 6.15. The predicted octanol–water partition coefficient (Wildman–Crippen LogP) is 3.40. The molecule has 3 atom stereocenters. The maximum absolute atomic E-state index is 6.15.